The van der Waals surface area contributed by atoms with Gasteiger partial charge in [-0.25, -0.2) is 0 Å². The molecule has 0 atom stereocenters. The molecule has 2 aromatic heterocycles. The summed E-state index contributed by atoms with van der Waals surface area (Å²) in [5.41, 5.74) is 1.92. The number of nitrogens with zero attached hydrogens (tertiary/aromatic N) is 4. The van der Waals surface area contributed by atoms with Crippen molar-refractivity contribution in [3.63, 3.8) is 0 Å². The first-order valence-corrected chi connectivity index (χ1v) is 8.70. The van der Waals surface area contributed by atoms with Gasteiger partial charge < -0.3 is 14.7 Å². The van der Waals surface area contributed by atoms with E-state index in [1.54, 1.807) is 19.1 Å². The van der Waals surface area contributed by atoms with E-state index >= 15 is 0 Å². The molecule has 0 radical (unpaired) electrons. The molecule has 154 valence electrons. The van der Waals surface area contributed by atoms with Gasteiger partial charge in [-0.3, -0.25) is 25.0 Å². The first-order chi connectivity index (χ1) is 14.1. The van der Waals surface area contributed by atoms with Gasteiger partial charge in [-0.15, -0.1) is 0 Å². The second-order valence-corrected chi connectivity index (χ2v) is 6.60. The largest absolute Gasteiger partial charge is 0.488 e. The van der Waals surface area contributed by atoms with Gasteiger partial charge in [-0.1, -0.05) is 0 Å². The third-order valence-corrected chi connectivity index (χ3v) is 4.60. The van der Waals surface area contributed by atoms with Gasteiger partial charge in [0.15, 0.2) is 0 Å². The van der Waals surface area contributed by atoms with Crippen molar-refractivity contribution in [3.8, 4) is 11.6 Å². The lowest BCUT2D eigenvalue weighted by Gasteiger charge is -2.12. The molecular formula is C19H17N5O6. The molecule has 0 spiro atoms. The van der Waals surface area contributed by atoms with Crippen molar-refractivity contribution in [1.82, 2.24) is 14.5 Å². The Bertz CT molecular complexity index is 1270. The second-order valence-electron chi connectivity index (χ2n) is 6.60. The average Bonchev–Trinajstić information content (AvgIpc) is 2.92. The molecular weight excluding hydrogens is 394 g/mol. The van der Waals surface area contributed by atoms with Crippen LogP contribution in [0.1, 0.15) is 28.3 Å². The molecule has 3 rings (SSSR count). The van der Waals surface area contributed by atoms with Crippen molar-refractivity contribution >= 4 is 23.5 Å². The molecule has 0 unspecified atom stereocenters. The Hall–Kier alpha value is -4.28. The minimum atomic E-state index is -1.06. The van der Waals surface area contributed by atoms with Gasteiger partial charge in [0.25, 0.3) is 11.6 Å². The number of benzene rings is 1. The fourth-order valence-electron chi connectivity index (χ4n) is 3.22. The molecule has 0 fully saturated rings. The number of H-pyrrole nitrogens is 1. The number of nitrogens with one attached hydrogen (secondary N) is 1. The maximum Gasteiger partial charge on any atom is 0.395 e. The summed E-state index contributed by atoms with van der Waals surface area (Å²) in [6, 6.07) is 6.48. The summed E-state index contributed by atoms with van der Waals surface area (Å²) in [4.78, 5) is 37.9. The normalized spacial score (nSPS) is 11.2. The lowest BCUT2D eigenvalue weighted by atomic mass is 10.1. The molecule has 0 saturated heterocycles. The van der Waals surface area contributed by atoms with E-state index in [9.17, 15) is 30.1 Å². The van der Waals surface area contributed by atoms with Crippen LogP contribution < -0.4 is 5.56 Å². The number of nitro groups is 2. The SMILES string of the molecule is Cc1cc([N+](=O)[O-])ccc1-n1c(C)cc(/C=C/c2nc(O)c([N+](=O)[O-])c(=O)[nH]2)c1C. The maximum absolute atomic E-state index is 11.8. The molecule has 0 aliphatic heterocycles. The highest BCUT2D eigenvalue weighted by Crippen LogP contribution is 2.27. The number of aromatic nitrogens is 3. The van der Waals surface area contributed by atoms with Crippen LogP contribution in [0, 0.1) is 41.0 Å². The summed E-state index contributed by atoms with van der Waals surface area (Å²) in [6.07, 6.45) is 3.06. The van der Waals surface area contributed by atoms with Crippen LogP contribution in [-0.2, 0) is 0 Å². The molecule has 0 saturated carbocycles. The molecule has 30 heavy (non-hydrogen) atoms. The number of hydrogen-bond acceptors (Lipinski definition) is 7. The highest BCUT2D eigenvalue weighted by atomic mass is 16.6. The zero-order valence-electron chi connectivity index (χ0n) is 16.2. The third kappa shape index (κ3) is 3.68. The van der Waals surface area contributed by atoms with Crippen molar-refractivity contribution in [3.05, 3.63) is 83.2 Å². The van der Waals surface area contributed by atoms with Crippen LogP contribution in [0.4, 0.5) is 11.4 Å². The molecule has 11 nitrogen and oxygen atoms in total. The van der Waals surface area contributed by atoms with Crippen molar-refractivity contribution in [2.24, 2.45) is 0 Å². The zero-order valence-corrected chi connectivity index (χ0v) is 16.2. The van der Waals surface area contributed by atoms with Gasteiger partial charge in [0.1, 0.15) is 5.82 Å². The van der Waals surface area contributed by atoms with E-state index in [0.29, 0.717) is 0 Å². The van der Waals surface area contributed by atoms with E-state index in [0.717, 1.165) is 28.2 Å². The Morgan fingerprint density at radius 3 is 2.37 bits per heavy atom. The average molecular weight is 411 g/mol. The number of hydrogen-bond donors (Lipinski definition) is 2. The van der Waals surface area contributed by atoms with Gasteiger partial charge >= 0.3 is 11.2 Å². The van der Waals surface area contributed by atoms with Crippen LogP contribution in [0.3, 0.4) is 0 Å². The minimum absolute atomic E-state index is 0.00633. The van der Waals surface area contributed by atoms with E-state index in [1.165, 1.54) is 18.2 Å². The Morgan fingerprint density at radius 2 is 1.80 bits per heavy atom. The first-order valence-electron chi connectivity index (χ1n) is 8.70. The summed E-state index contributed by atoms with van der Waals surface area (Å²) >= 11 is 0. The maximum atomic E-state index is 11.8. The molecule has 2 heterocycles. The van der Waals surface area contributed by atoms with E-state index in [1.807, 2.05) is 24.5 Å². The highest BCUT2D eigenvalue weighted by molar-refractivity contribution is 5.70. The molecule has 3 aromatic rings. The summed E-state index contributed by atoms with van der Waals surface area (Å²) < 4.78 is 1.93. The fraction of sp³-hybridized carbons (Fsp3) is 0.158. The van der Waals surface area contributed by atoms with Gasteiger partial charge in [0.05, 0.1) is 9.85 Å². The molecule has 0 bridgehead atoms. The Kier molecular flexibility index (Phi) is 5.20. The van der Waals surface area contributed by atoms with Crippen LogP contribution in [0.25, 0.3) is 17.8 Å². The van der Waals surface area contributed by atoms with E-state index < -0.39 is 27.0 Å². The summed E-state index contributed by atoms with van der Waals surface area (Å²) in [5, 5.41) is 31.4. The van der Waals surface area contributed by atoms with Crippen LogP contribution in [0.2, 0.25) is 0 Å². The quantitative estimate of drug-likeness (QED) is 0.482. The van der Waals surface area contributed by atoms with Crippen molar-refractivity contribution in [1.29, 1.82) is 0 Å². The third-order valence-electron chi connectivity index (χ3n) is 4.60. The standard InChI is InChI=1S/C19H17N5O6/c1-10-8-14(23(27)28)5-6-15(10)22-11(2)9-13(12(22)3)4-7-16-20-18(25)17(24(29)30)19(26)21-16/h4-9H,1-3H3,(H2,20,21,25,26)/b7-4+. The Balaban J connectivity index is 2.00. The number of nitro benzene ring substituents is 1. The predicted octanol–water partition coefficient (Wildman–Crippen LogP) is 3.18. The lowest BCUT2D eigenvalue weighted by Crippen LogP contribution is -2.14. The summed E-state index contributed by atoms with van der Waals surface area (Å²) in [7, 11) is 0. The van der Waals surface area contributed by atoms with E-state index in [4.69, 9.17) is 0 Å². The lowest BCUT2D eigenvalue weighted by molar-refractivity contribution is -0.387. The first kappa shape index (κ1) is 20.5. The predicted molar refractivity (Wildman–Crippen MR) is 109 cm³/mol. The number of non-ortho nitro benzene ring substituents is 1. The molecule has 1 aromatic carbocycles. The van der Waals surface area contributed by atoms with E-state index in [-0.39, 0.29) is 11.5 Å². The van der Waals surface area contributed by atoms with Crippen LogP contribution >= 0.6 is 0 Å². The van der Waals surface area contributed by atoms with Gasteiger partial charge in [0, 0.05) is 29.2 Å². The number of rotatable bonds is 5. The van der Waals surface area contributed by atoms with Gasteiger partial charge in [-0.2, -0.15) is 4.98 Å². The molecule has 11 heteroatoms. The van der Waals surface area contributed by atoms with Gasteiger partial charge in [-0.05, 0) is 56.2 Å². The topological polar surface area (TPSA) is 157 Å². The highest BCUT2D eigenvalue weighted by Gasteiger charge is 2.21. The molecule has 0 amide bonds. The molecule has 2 N–H and O–H groups in total. The molecule has 0 aliphatic carbocycles. The van der Waals surface area contributed by atoms with Crippen LogP contribution in [0.15, 0.2) is 29.1 Å². The summed E-state index contributed by atoms with van der Waals surface area (Å²) in [5.74, 6) is -1.00. The number of aromatic hydroxyl groups is 1. The van der Waals surface area contributed by atoms with Crippen molar-refractivity contribution in [2.45, 2.75) is 20.8 Å². The number of aromatic amines is 1. The second kappa shape index (κ2) is 7.62. The van der Waals surface area contributed by atoms with Crippen LogP contribution in [0.5, 0.6) is 5.88 Å². The smallest absolute Gasteiger partial charge is 0.395 e. The minimum Gasteiger partial charge on any atom is -0.488 e. The molecule has 0 aliphatic rings. The van der Waals surface area contributed by atoms with Crippen LogP contribution in [-0.4, -0.2) is 29.5 Å². The Labute approximate surface area is 169 Å². The summed E-state index contributed by atoms with van der Waals surface area (Å²) in [6.45, 7) is 5.52. The Morgan fingerprint density at radius 1 is 1.10 bits per heavy atom. The zero-order chi connectivity index (χ0) is 22.2. The van der Waals surface area contributed by atoms with E-state index in [2.05, 4.69) is 9.97 Å². The number of aryl methyl sites for hydroxylation is 2. The van der Waals surface area contributed by atoms with Crippen molar-refractivity contribution in [2.75, 3.05) is 0 Å². The van der Waals surface area contributed by atoms with Gasteiger partial charge in [0.2, 0.25) is 0 Å². The monoisotopic (exact) mass is 411 g/mol. The fourth-order valence-corrected chi connectivity index (χ4v) is 3.22. The van der Waals surface area contributed by atoms with Crippen molar-refractivity contribution < 1.29 is 15.0 Å².